The molecular weight excluding hydrogens is 381 g/mol. The summed E-state index contributed by atoms with van der Waals surface area (Å²) >= 11 is 0. The quantitative estimate of drug-likeness (QED) is 0.616. The van der Waals surface area contributed by atoms with Crippen molar-refractivity contribution in [3.05, 3.63) is 59.4 Å². The number of benzene rings is 2. The maximum absolute atomic E-state index is 14.4. The predicted molar refractivity (Wildman–Crippen MR) is 102 cm³/mol. The van der Waals surface area contributed by atoms with Gasteiger partial charge in [0, 0.05) is 17.5 Å². The van der Waals surface area contributed by atoms with E-state index in [0.717, 1.165) is 11.6 Å². The van der Waals surface area contributed by atoms with E-state index in [9.17, 15) is 23.1 Å². The lowest BCUT2D eigenvalue weighted by Gasteiger charge is -2.37. The molecule has 0 bridgehead atoms. The van der Waals surface area contributed by atoms with Crippen LogP contribution in [0.15, 0.2) is 36.4 Å². The zero-order valence-corrected chi connectivity index (χ0v) is 15.4. The summed E-state index contributed by atoms with van der Waals surface area (Å²) in [6.07, 6.45) is 2.15. The van der Waals surface area contributed by atoms with E-state index >= 15 is 0 Å². The third kappa shape index (κ3) is 3.09. The third-order valence-corrected chi connectivity index (χ3v) is 6.03. The molecule has 0 aliphatic heterocycles. The highest BCUT2D eigenvalue weighted by molar-refractivity contribution is 5.92. The minimum Gasteiger partial charge on any atom is -0.380 e. The predicted octanol–water partition coefficient (Wildman–Crippen LogP) is 4.14. The van der Waals surface area contributed by atoms with Crippen molar-refractivity contribution >= 4 is 16.8 Å². The van der Waals surface area contributed by atoms with Gasteiger partial charge in [-0.1, -0.05) is 0 Å². The van der Waals surface area contributed by atoms with Gasteiger partial charge in [-0.25, -0.2) is 13.2 Å². The van der Waals surface area contributed by atoms with Crippen LogP contribution in [0.3, 0.4) is 0 Å². The first-order valence-electron chi connectivity index (χ1n) is 9.64. The number of carbonyl (C=O) groups excluding carboxylic acids is 1. The smallest absolute Gasteiger partial charge is 0.252 e. The van der Waals surface area contributed by atoms with E-state index in [0.29, 0.717) is 42.3 Å². The van der Waals surface area contributed by atoms with Crippen LogP contribution in [0.4, 0.5) is 13.2 Å². The highest BCUT2D eigenvalue weighted by Crippen LogP contribution is 2.46. The molecule has 1 aromatic heterocycles. The zero-order chi connectivity index (χ0) is 20.3. The monoisotopic (exact) mass is 400 g/mol. The highest BCUT2D eigenvalue weighted by atomic mass is 19.1. The van der Waals surface area contributed by atoms with E-state index in [1.165, 1.54) is 18.2 Å². The number of carbonyl (C=O) groups is 1. The molecule has 0 radical (unpaired) electrons. The minimum atomic E-state index is -1.22. The van der Waals surface area contributed by atoms with Crippen LogP contribution in [0.5, 0.6) is 0 Å². The van der Waals surface area contributed by atoms with E-state index in [-0.39, 0.29) is 29.2 Å². The Bertz CT molecular complexity index is 1110. The molecule has 3 N–H and O–H groups in total. The van der Waals surface area contributed by atoms with Crippen molar-refractivity contribution in [3.8, 4) is 11.3 Å². The van der Waals surface area contributed by atoms with Crippen LogP contribution in [-0.2, 0) is 4.79 Å². The van der Waals surface area contributed by atoms with Gasteiger partial charge < -0.3 is 15.4 Å². The summed E-state index contributed by atoms with van der Waals surface area (Å²) in [6.45, 7) is 0. The van der Waals surface area contributed by atoms with Gasteiger partial charge in [0.15, 0.2) is 0 Å². The van der Waals surface area contributed by atoms with Crippen molar-refractivity contribution in [3.63, 3.8) is 0 Å². The number of aromatic amines is 1. The second-order valence-electron chi connectivity index (χ2n) is 8.10. The number of hydrogen-bond donors (Lipinski definition) is 3. The topological polar surface area (TPSA) is 65.1 Å². The van der Waals surface area contributed by atoms with E-state index in [2.05, 4.69) is 10.3 Å². The molecule has 2 fully saturated rings. The Labute approximate surface area is 164 Å². The molecule has 2 aliphatic rings. The Morgan fingerprint density at radius 3 is 2.41 bits per heavy atom. The first-order valence-corrected chi connectivity index (χ1v) is 9.64. The van der Waals surface area contributed by atoms with Crippen molar-refractivity contribution in [2.45, 2.75) is 43.2 Å². The molecule has 0 saturated heterocycles. The van der Waals surface area contributed by atoms with Gasteiger partial charge in [0.05, 0.1) is 11.2 Å². The van der Waals surface area contributed by atoms with Crippen LogP contribution in [0.1, 0.15) is 37.2 Å². The minimum absolute atomic E-state index is 0.0239. The summed E-state index contributed by atoms with van der Waals surface area (Å²) in [5.41, 5.74) is 1.05. The van der Waals surface area contributed by atoms with Crippen LogP contribution in [0, 0.1) is 17.5 Å². The molecule has 0 atom stereocenters. The van der Waals surface area contributed by atoms with Crippen molar-refractivity contribution in [2.75, 3.05) is 0 Å². The normalized spacial score (nSPS) is 22.3. The number of rotatable bonds is 4. The van der Waals surface area contributed by atoms with Gasteiger partial charge in [0.25, 0.3) is 5.91 Å². The lowest BCUT2D eigenvalue weighted by atomic mass is 9.74. The van der Waals surface area contributed by atoms with Crippen LogP contribution in [-0.4, -0.2) is 27.6 Å². The molecule has 1 heterocycles. The summed E-state index contributed by atoms with van der Waals surface area (Å²) in [7, 11) is 0. The van der Waals surface area contributed by atoms with Crippen molar-refractivity contribution in [1.82, 2.24) is 10.3 Å². The molecule has 0 spiro atoms. The summed E-state index contributed by atoms with van der Waals surface area (Å²) in [4.78, 5) is 15.1. The first-order chi connectivity index (χ1) is 13.8. The largest absolute Gasteiger partial charge is 0.380 e. The number of halogens is 3. The second-order valence-corrected chi connectivity index (χ2v) is 8.10. The van der Waals surface area contributed by atoms with Crippen molar-refractivity contribution in [1.29, 1.82) is 0 Å². The van der Waals surface area contributed by atoms with Crippen LogP contribution in [0.25, 0.3) is 22.2 Å². The maximum atomic E-state index is 14.4. The molecule has 150 valence electrons. The average molecular weight is 400 g/mol. The fourth-order valence-corrected chi connectivity index (χ4v) is 4.14. The second kappa shape index (κ2) is 6.35. The van der Waals surface area contributed by atoms with Crippen LogP contribution in [0.2, 0.25) is 0 Å². The Balaban J connectivity index is 1.49. The van der Waals surface area contributed by atoms with Gasteiger partial charge in [-0.3, -0.25) is 4.79 Å². The summed E-state index contributed by atoms with van der Waals surface area (Å²) in [6, 6.07) is 7.87. The molecule has 29 heavy (non-hydrogen) atoms. The van der Waals surface area contributed by atoms with Gasteiger partial charge in [-0.15, -0.1) is 0 Å². The Morgan fingerprint density at radius 2 is 1.76 bits per heavy atom. The number of nitrogens with one attached hydrogen (secondary N) is 2. The van der Waals surface area contributed by atoms with Gasteiger partial charge in [0.2, 0.25) is 0 Å². The summed E-state index contributed by atoms with van der Waals surface area (Å²) in [5, 5.41) is 13.2. The molecule has 7 heteroatoms. The SMILES string of the molecule is O=C(N[C@H]1C[C@@H](c2c(-c3ccc(F)cc3)[nH]c3c(F)cc(F)cc32)C1)C1(O)CC1. The number of amides is 1. The average Bonchev–Trinajstić information content (AvgIpc) is 3.29. The van der Waals surface area contributed by atoms with Crippen LogP contribution >= 0.6 is 0 Å². The Kier molecular flexibility index (Phi) is 4.00. The van der Waals surface area contributed by atoms with Crippen molar-refractivity contribution in [2.24, 2.45) is 0 Å². The van der Waals surface area contributed by atoms with Crippen molar-refractivity contribution < 1.29 is 23.1 Å². The number of H-pyrrole nitrogens is 1. The van der Waals surface area contributed by atoms with Crippen LogP contribution < -0.4 is 5.32 Å². The summed E-state index contributed by atoms with van der Waals surface area (Å²) in [5.74, 6) is -2.11. The fourth-order valence-electron chi connectivity index (χ4n) is 4.14. The lowest BCUT2D eigenvalue weighted by Crippen LogP contribution is -2.48. The molecule has 0 unspecified atom stereocenters. The molecule has 4 nitrogen and oxygen atoms in total. The zero-order valence-electron chi connectivity index (χ0n) is 15.4. The molecule has 2 aromatic carbocycles. The number of aliphatic hydroxyl groups is 1. The fraction of sp³-hybridized carbons (Fsp3) is 0.318. The van der Waals surface area contributed by atoms with E-state index in [4.69, 9.17) is 0 Å². The highest BCUT2D eigenvalue weighted by Gasteiger charge is 2.49. The number of aromatic nitrogens is 1. The third-order valence-electron chi connectivity index (χ3n) is 6.03. The lowest BCUT2D eigenvalue weighted by molar-refractivity contribution is -0.132. The molecule has 1 amide bonds. The molecule has 2 aliphatic carbocycles. The molecule has 5 rings (SSSR count). The van der Waals surface area contributed by atoms with Gasteiger partial charge in [-0.2, -0.15) is 0 Å². The first kappa shape index (κ1) is 18.2. The molecule has 2 saturated carbocycles. The standard InChI is InChI=1S/C22H19F3N2O2/c23-13-3-1-11(2-4-13)19-18(16-9-14(24)10-17(25)20(16)27-19)12-7-15(8-12)26-21(28)22(29)5-6-22/h1-4,9-10,12,15,27,29H,5-8H2,(H,26,28)/t12-,15+. The van der Waals surface area contributed by atoms with Gasteiger partial charge in [-0.05, 0) is 73.1 Å². The molecular formula is C22H19F3N2O2. The van der Waals surface area contributed by atoms with Gasteiger partial charge in [0.1, 0.15) is 23.1 Å². The van der Waals surface area contributed by atoms with E-state index < -0.39 is 17.2 Å². The van der Waals surface area contributed by atoms with E-state index in [1.54, 1.807) is 12.1 Å². The maximum Gasteiger partial charge on any atom is 0.252 e. The Hall–Kier alpha value is -2.80. The van der Waals surface area contributed by atoms with Gasteiger partial charge >= 0.3 is 0 Å². The van der Waals surface area contributed by atoms with E-state index in [1.807, 2.05) is 0 Å². The molecule has 3 aromatic rings. The number of hydrogen-bond acceptors (Lipinski definition) is 2. The number of fused-ring (bicyclic) bond motifs is 1. The summed E-state index contributed by atoms with van der Waals surface area (Å²) < 4.78 is 41.7. The Morgan fingerprint density at radius 1 is 1.07 bits per heavy atom.